The van der Waals surface area contributed by atoms with Crippen molar-refractivity contribution in [1.29, 1.82) is 0 Å². The fourth-order valence-corrected chi connectivity index (χ4v) is 2.83. The highest BCUT2D eigenvalue weighted by molar-refractivity contribution is 6.01. The predicted molar refractivity (Wildman–Crippen MR) is 113 cm³/mol. The van der Waals surface area contributed by atoms with Gasteiger partial charge in [0.15, 0.2) is 0 Å². The van der Waals surface area contributed by atoms with Crippen molar-refractivity contribution in [3.8, 4) is 11.5 Å². The van der Waals surface area contributed by atoms with Gasteiger partial charge in [0.25, 0.3) is 11.8 Å². The van der Waals surface area contributed by atoms with Gasteiger partial charge in [0.2, 0.25) is 0 Å². The Hall–Kier alpha value is -3.87. The summed E-state index contributed by atoms with van der Waals surface area (Å²) >= 11 is 0. The third kappa shape index (κ3) is 5.35. The first-order chi connectivity index (χ1) is 14.6. The molecule has 0 saturated carbocycles. The Morgan fingerprint density at radius 2 is 1.43 bits per heavy atom. The molecule has 2 amide bonds. The number of nitrogens with one attached hydrogen (secondary N) is 2. The second-order valence-corrected chi connectivity index (χ2v) is 6.48. The molecule has 7 heteroatoms. The molecule has 0 saturated heterocycles. The normalized spacial score (nSPS) is 10.2. The number of aromatic nitrogens is 1. The number of benzene rings is 2. The van der Waals surface area contributed by atoms with Gasteiger partial charge >= 0.3 is 0 Å². The highest BCUT2D eigenvalue weighted by Crippen LogP contribution is 2.20. The Morgan fingerprint density at radius 1 is 0.800 bits per heavy atom. The molecule has 3 rings (SSSR count). The average Bonchev–Trinajstić information content (AvgIpc) is 2.81. The first-order valence-corrected chi connectivity index (χ1v) is 9.37. The summed E-state index contributed by atoms with van der Waals surface area (Å²) in [6.07, 6.45) is 3.33. The lowest BCUT2D eigenvalue weighted by atomic mass is 10.1. The SMILES string of the molecule is COc1ccc(CNC(=O)c2ccc(OC)c(C(=O)NCc3ccncc3)c2)cc1. The van der Waals surface area contributed by atoms with Gasteiger partial charge in [-0.25, -0.2) is 0 Å². The van der Waals surface area contributed by atoms with Crippen LogP contribution in [-0.2, 0) is 13.1 Å². The van der Waals surface area contributed by atoms with Gasteiger partial charge in [-0.3, -0.25) is 14.6 Å². The molecule has 1 heterocycles. The molecule has 0 fully saturated rings. The monoisotopic (exact) mass is 405 g/mol. The van der Waals surface area contributed by atoms with Gasteiger partial charge < -0.3 is 20.1 Å². The fraction of sp³-hybridized carbons (Fsp3) is 0.174. The van der Waals surface area contributed by atoms with Crippen LogP contribution in [0.25, 0.3) is 0 Å². The lowest BCUT2D eigenvalue weighted by Crippen LogP contribution is -2.26. The van der Waals surface area contributed by atoms with Crippen LogP contribution in [0, 0.1) is 0 Å². The van der Waals surface area contributed by atoms with Crippen LogP contribution in [0.3, 0.4) is 0 Å². The van der Waals surface area contributed by atoms with Crippen LogP contribution in [0.4, 0.5) is 0 Å². The van der Waals surface area contributed by atoms with Crippen LogP contribution in [-0.4, -0.2) is 31.0 Å². The molecule has 0 radical (unpaired) electrons. The zero-order valence-corrected chi connectivity index (χ0v) is 16.8. The smallest absolute Gasteiger partial charge is 0.255 e. The molecule has 30 heavy (non-hydrogen) atoms. The van der Waals surface area contributed by atoms with E-state index in [0.29, 0.717) is 30.0 Å². The number of hydrogen-bond donors (Lipinski definition) is 2. The molecular weight excluding hydrogens is 382 g/mol. The van der Waals surface area contributed by atoms with Gasteiger partial charge in [0, 0.05) is 31.0 Å². The molecule has 1 aromatic heterocycles. The maximum Gasteiger partial charge on any atom is 0.255 e. The Kier molecular flexibility index (Phi) is 7.00. The second-order valence-electron chi connectivity index (χ2n) is 6.48. The number of hydrogen-bond acceptors (Lipinski definition) is 5. The number of carbonyl (C=O) groups excluding carboxylic acids is 2. The topological polar surface area (TPSA) is 89.5 Å². The van der Waals surface area contributed by atoms with Crippen molar-refractivity contribution < 1.29 is 19.1 Å². The number of pyridine rings is 1. The average molecular weight is 405 g/mol. The van der Waals surface area contributed by atoms with Gasteiger partial charge in [0.1, 0.15) is 11.5 Å². The van der Waals surface area contributed by atoms with E-state index in [-0.39, 0.29) is 11.8 Å². The van der Waals surface area contributed by atoms with E-state index in [4.69, 9.17) is 9.47 Å². The molecule has 0 aliphatic carbocycles. The first kappa shape index (κ1) is 20.9. The van der Waals surface area contributed by atoms with E-state index in [1.165, 1.54) is 13.2 Å². The van der Waals surface area contributed by atoms with E-state index in [1.807, 2.05) is 36.4 Å². The minimum absolute atomic E-state index is 0.281. The standard InChI is InChI=1S/C23H23N3O4/c1-29-19-6-3-16(4-7-19)14-25-22(27)18-5-8-21(30-2)20(13-18)23(28)26-15-17-9-11-24-12-10-17/h3-13H,14-15H2,1-2H3,(H,25,27)(H,26,28). The van der Waals surface area contributed by atoms with Gasteiger partial charge in [-0.2, -0.15) is 0 Å². The molecule has 0 aliphatic heterocycles. The maximum absolute atomic E-state index is 12.7. The number of rotatable bonds is 8. The van der Waals surface area contributed by atoms with E-state index in [9.17, 15) is 9.59 Å². The summed E-state index contributed by atoms with van der Waals surface area (Å²) in [5.41, 5.74) is 2.53. The fourth-order valence-electron chi connectivity index (χ4n) is 2.83. The van der Waals surface area contributed by atoms with Crippen molar-refractivity contribution in [1.82, 2.24) is 15.6 Å². The van der Waals surface area contributed by atoms with Crippen LogP contribution in [0.1, 0.15) is 31.8 Å². The van der Waals surface area contributed by atoms with Crippen molar-refractivity contribution in [3.63, 3.8) is 0 Å². The third-order valence-corrected chi connectivity index (χ3v) is 4.52. The minimum atomic E-state index is -0.325. The quantitative estimate of drug-likeness (QED) is 0.601. The van der Waals surface area contributed by atoms with Crippen molar-refractivity contribution in [2.75, 3.05) is 14.2 Å². The van der Waals surface area contributed by atoms with Crippen LogP contribution in [0.2, 0.25) is 0 Å². The Morgan fingerprint density at radius 3 is 2.07 bits per heavy atom. The van der Waals surface area contributed by atoms with Gasteiger partial charge in [0.05, 0.1) is 19.8 Å². The van der Waals surface area contributed by atoms with E-state index < -0.39 is 0 Å². The van der Waals surface area contributed by atoms with Crippen LogP contribution >= 0.6 is 0 Å². The number of methoxy groups -OCH3 is 2. The Balaban J connectivity index is 1.67. The van der Waals surface area contributed by atoms with E-state index in [2.05, 4.69) is 15.6 Å². The molecule has 0 bridgehead atoms. The summed E-state index contributed by atoms with van der Waals surface area (Å²) in [6.45, 7) is 0.705. The van der Waals surface area contributed by atoms with Crippen molar-refractivity contribution in [3.05, 3.63) is 89.2 Å². The summed E-state index contributed by atoms with van der Waals surface area (Å²) < 4.78 is 10.4. The van der Waals surface area contributed by atoms with Gasteiger partial charge in [-0.1, -0.05) is 12.1 Å². The lowest BCUT2D eigenvalue weighted by Gasteiger charge is -2.12. The Bertz CT molecular complexity index is 1000. The summed E-state index contributed by atoms with van der Waals surface area (Å²) in [4.78, 5) is 29.2. The van der Waals surface area contributed by atoms with Crippen molar-refractivity contribution in [2.45, 2.75) is 13.1 Å². The maximum atomic E-state index is 12.7. The van der Waals surface area contributed by atoms with E-state index in [0.717, 1.165) is 16.9 Å². The molecule has 2 N–H and O–H groups in total. The van der Waals surface area contributed by atoms with Crippen LogP contribution in [0.5, 0.6) is 11.5 Å². The molecule has 0 spiro atoms. The first-order valence-electron chi connectivity index (χ1n) is 9.37. The number of amides is 2. The molecule has 7 nitrogen and oxygen atoms in total. The van der Waals surface area contributed by atoms with E-state index in [1.54, 1.807) is 31.6 Å². The van der Waals surface area contributed by atoms with Crippen LogP contribution in [0.15, 0.2) is 67.0 Å². The van der Waals surface area contributed by atoms with E-state index >= 15 is 0 Å². The van der Waals surface area contributed by atoms with Crippen molar-refractivity contribution >= 4 is 11.8 Å². The lowest BCUT2D eigenvalue weighted by molar-refractivity contribution is 0.0948. The number of nitrogens with zero attached hydrogens (tertiary/aromatic N) is 1. The molecule has 2 aromatic carbocycles. The van der Waals surface area contributed by atoms with Crippen molar-refractivity contribution in [2.24, 2.45) is 0 Å². The second kappa shape index (κ2) is 10.1. The Labute approximate surface area is 175 Å². The van der Waals surface area contributed by atoms with Gasteiger partial charge in [-0.05, 0) is 53.6 Å². The molecule has 3 aromatic rings. The zero-order chi connectivity index (χ0) is 21.3. The third-order valence-electron chi connectivity index (χ3n) is 4.52. The highest BCUT2D eigenvalue weighted by atomic mass is 16.5. The number of carbonyl (C=O) groups is 2. The molecular formula is C23H23N3O4. The minimum Gasteiger partial charge on any atom is -0.497 e. The summed E-state index contributed by atoms with van der Waals surface area (Å²) in [5, 5.41) is 5.69. The molecule has 0 aliphatic rings. The summed E-state index contributed by atoms with van der Waals surface area (Å²) in [7, 11) is 3.09. The largest absolute Gasteiger partial charge is 0.497 e. The number of ether oxygens (including phenoxy) is 2. The summed E-state index contributed by atoms with van der Waals surface area (Å²) in [5.74, 6) is 0.543. The van der Waals surface area contributed by atoms with Crippen LogP contribution < -0.4 is 20.1 Å². The molecule has 0 atom stereocenters. The molecule has 0 unspecified atom stereocenters. The predicted octanol–water partition coefficient (Wildman–Crippen LogP) is 2.96. The van der Waals surface area contributed by atoms with Gasteiger partial charge in [-0.15, -0.1) is 0 Å². The highest BCUT2D eigenvalue weighted by Gasteiger charge is 2.16. The summed E-state index contributed by atoms with van der Waals surface area (Å²) in [6, 6.07) is 15.8. The molecule has 154 valence electrons. The zero-order valence-electron chi connectivity index (χ0n) is 16.8.